The van der Waals surface area contributed by atoms with Gasteiger partial charge in [-0.3, -0.25) is 0 Å². The average Bonchev–Trinajstić information content (AvgIpc) is 2.35. The van der Waals surface area contributed by atoms with Crippen LogP contribution in [0.4, 0.5) is 11.4 Å². The highest BCUT2D eigenvalue weighted by Gasteiger charge is 2.04. The molecule has 0 bridgehead atoms. The predicted octanol–water partition coefficient (Wildman–Crippen LogP) is 4.25. The molecule has 0 atom stereocenters. The van der Waals surface area contributed by atoms with Crippen LogP contribution in [0.25, 0.3) is 0 Å². The van der Waals surface area contributed by atoms with Gasteiger partial charge < -0.3 is 5.32 Å². The van der Waals surface area contributed by atoms with E-state index in [2.05, 4.69) is 15.5 Å². The summed E-state index contributed by atoms with van der Waals surface area (Å²) in [5.74, 6) is 0. The number of hydrogen-bond acceptors (Lipinski definition) is 4. The number of benzene rings is 1. The van der Waals surface area contributed by atoms with E-state index in [-0.39, 0.29) is 0 Å². The van der Waals surface area contributed by atoms with Crippen molar-refractivity contribution in [3.05, 3.63) is 40.6 Å². The molecule has 6 heteroatoms. The van der Waals surface area contributed by atoms with Crippen LogP contribution in [0.2, 0.25) is 10.3 Å². The van der Waals surface area contributed by atoms with E-state index in [1.54, 1.807) is 17.8 Å². The average molecular weight is 286 g/mol. The van der Waals surface area contributed by atoms with Gasteiger partial charge in [0.2, 0.25) is 0 Å². The van der Waals surface area contributed by atoms with Gasteiger partial charge in [0.05, 0.1) is 5.69 Å². The Morgan fingerprint density at radius 2 is 1.82 bits per heavy atom. The first-order chi connectivity index (χ1) is 8.19. The normalized spacial score (nSPS) is 10.3. The molecule has 3 nitrogen and oxygen atoms in total. The van der Waals surface area contributed by atoms with Crippen LogP contribution in [-0.2, 0) is 0 Å². The molecule has 0 aliphatic rings. The fraction of sp³-hybridized carbons (Fsp3) is 0.0909. The minimum absolute atomic E-state index is 0.295. The first kappa shape index (κ1) is 12.5. The standard InChI is InChI=1S/C11H9Cl2N3S/c1-17-8-4-2-7(3-5-8)14-9-6-10(12)15-16-11(9)13/h2-6H,1H3,(H,14,15). The molecule has 1 heterocycles. The number of nitrogens with zero attached hydrogens (tertiary/aromatic N) is 2. The summed E-state index contributed by atoms with van der Waals surface area (Å²) >= 11 is 13.4. The molecule has 88 valence electrons. The lowest BCUT2D eigenvalue weighted by Crippen LogP contribution is -1.94. The van der Waals surface area contributed by atoms with Crippen molar-refractivity contribution in [2.45, 2.75) is 4.90 Å². The first-order valence-electron chi connectivity index (χ1n) is 4.79. The Morgan fingerprint density at radius 3 is 2.47 bits per heavy atom. The zero-order valence-corrected chi connectivity index (χ0v) is 11.3. The number of hydrogen-bond donors (Lipinski definition) is 1. The third-order valence-electron chi connectivity index (χ3n) is 2.09. The maximum Gasteiger partial charge on any atom is 0.175 e. The van der Waals surface area contributed by atoms with E-state index in [4.69, 9.17) is 23.2 Å². The number of aromatic nitrogens is 2. The van der Waals surface area contributed by atoms with Crippen LogP contribution in [0.5, 0.6) is 0 Å². The largest absolute Gasteiger partial charge is 0.353 e. The van der Waals surface area contributed by atoms with E-state index in [1.807, 2.05) is 30.5 Å². The van der Waals surface area contributed by atoms with Crippen molar-refractivity contribution in [2.75, 3.05) is 11.6 Å². The second-order valence-corrected chi connectivity index (χ2v) is 4.85. The topological polar surface area (TPSA) is 37.8 Å². The fourth-order valence-corrected chi connectivity index (χ4v) is 1.97. The van der Waals surface area contributed by atoms with Gasteiger partial charge in [0.25, 0.3) is 0 Å². The van der Waals surface area contributed by atoms with Crippen LogP contribution in [0, 0.1) is 0 Å². The summed E-state index contributed by atoms with van der Waals surface area (Å²) in [4.78, 5) is 1.20. The summed E-state index contributed by atoms with van der Waals surface area (Å²) in [6.07, 6.45) is 2.03. The van der Waals surface area contributed by atoms with Crippen molar-refractivity contribution in [1.82, 2.24) is 10.2 Å². The SMILES string of the molecule is CSc1ccc(Nc2cc(Cl)nnc2Cl)cc1. The van der Waals surface area contributed by atoms with Crippen LogP contribution in [0.15, 0.2) is 35.2 Å². The lowest BCUT2D eigenvalue weighted by Gasteiger charge is -2.07. The smallest absolute Gasteiger partial charge is 0.175 e. The lowest BCUT2D eigenvalue weighted by molar-refractivity contribution is 1.03. The van der Waals surface area contributed by atoms with E-state index in [1.165, 1.54) is 4.90 Å². The highest BCUT2D eigenvalue weighted by Crippen LogP contribution is 2.26. The molecule has 1 aromatic heterocycles. The van der Waals surface area contributed by atoms with Crippen molar-refractivity contribution in [1.29, 1.82) is 0 Å². The molecular formula is C11H9Cl2N3S. The molecule has 0 radical (unpaired) electrons. The molecule has 17 heavy (non-hydrogen) atoms. The van der Waals surface area contributed by atoms with Crippen LogP contribution in [0.1, 0.15) is 0 Å². The second kappa shape index (κ2) is 5.58. The first-order valence-corrected chi connectivity index (χ1v) is 6.77. The molecule has 1 N–H and O–H groups in total. The van der Waals surface area contributed by atoms with Crippen LogP contribution in [0.3, 0.4) is 0 Å². The summed E-state index contributed by atoms with van der Waals surface area (Å²) in [6.45, 7) is 0. The minimum Gasteiger partial charge on any atom is -0.353 e. The molecule has 0 amide bonds. The van der Waals surface area contributed by atoms with Gasteiger partial charge in [-0.2, -0.15) is 0 Å². The van der Waals surface area contributed by atoms with Gasteiger partial charge in [-0.05, 0) is 30.5 Å². The summed E-state index contributed by atoms with van der Waals surface area (Å²) in [5.41, 5.74) is 1.57. The van der Waals surface area contributed by atoms with Gasteiger partial charge in [0.1, 0.15) is 0 Å². The molecule has 2 aromatic rings. The summed E-state index contributed by atoms with van der Waals surface area (Å²) in [6, 6.07) is 9.63. The highest BCUT2D eigenvalue weighted by molar-refractivity contribution is 7.98. The van der Waals surface area contributed by atoms with Crippen molar-refractivity contribution in [2.24, 2.45) is 0 Å². The number of anilines is 2. The Morgan fingerprint density at radius 1 is 1.12 bits per heavy atom. The number of nitrogens with one attached hydrogen (secondary N) is 1. The maximum atomic E-state index is 5.91. The van der Waals surface area contributed by atoms with Crippen molar-refractivity contribution in [3.8, 4) is 0 Å². The Kier molecular flexibility index (Phi) is 4.10. The van der Waals surface area contributed by atoms with Crippen LogP contribution < -0.4 is 5.32 Å². The molecular weight excluding hydrogens is 277 g/mol. The molecule has 0 saturated heterocycles. The lowest BCUT2D eigenvalue weighted by atomic mass is 10.3. The second-order valence-electron chi connectivity index (χ2n) is 3.23. The zero-order valence-electron chi connectivity index (χ0n) is 8.95. The van der Waals surface area contributed by atoms with Gasteiger partial charge in [0.15, 0.2) is 10.3 Å². The van der Waals surface area contributed by atoms with Crippen molar-refractivity contribution >= 4 is 46.3 Å². The quantitative estimate of drug-likeness (QED) is 0.856. The highest BCUT2D eigenvalue weighted by atomic mass is 35.5. The van der Waals surface area contributed by atoms with E-state index in [0.717, 1.165) is 5.69 Å². The minimum atomic E-state index is 0.295. The Hall–Kier alpha value is -0.970. The van der Waals surface area contributed by atoms with Gasteiger partial charge in [-0.25, -0.2) is 0 Å². The molecule has 0 saturated carbocycles. The molecule has 2 rings (SSSR count). The van der Waals surface area contributed by atoms with E-state index in [0.29, 0.717) is 16.0 Å². The van der Waals surface area contributed by atoms with Crippen LogP contribution >= 0.6 is 35.0 Å². The zero-order chi connectivity index (χ0) is 12.3. The molecule has 0 aliphatic heterocycles. The summed E-state index contributed by atoms with van der Waals surface area (Å²) in [7, 11) is 0. The van der Waals surface area contributed by atoms with Gasteiger partial charge >= 0.3 is 0 Å². The fourth-order valence-electron chi connectivity index (χ4n) is 1.27. The van der Waals surface area contributed by atoms with Crippen molar-refractivity contribution in [3.63, 3.8) is 0 Å². The van der Waals surface area contributed by atoms with E-state index in [9.17, 15) is 0 Å². The predicted molar refractivity (Wildman–Crippen MR) is 73.6 cm³/mol. The summed E-state index contributed by atoms with van der Waals surface area (Å²) < 4.78 is 0. The third-order valence-corrected chi connectivity index (χ3v) is 3.30. The Labute approximate surface area is 114 Å². The van der Waals surface area contributed by atoms with E-state index < -0.39 is 0 Å². The third kappa shape index (κ3) is 3.25. The van der Waals surface area contributed by atoms with Crippen molar-refractivity contribution < 1.29 is 0 Å². The number of halogens is 2. The van der Waals surface area contributed by atoms with E-state index >= 15 is 0 Å². The van der Waals surface area contributed by atoms with Crippen LogP contribution in [-0.4, -0.2) is 16.5 Å². The van der Waals surface area contributed by atoms with Gasteiger partial charge in [-0.15, -0.1) is 22.0 Å². The summed E-state index contributed by atoms with van der Waals surface area (Å²) in [5, 5.41) is 11.1. The molecule has 0 spiro atoms. The molecule has 0 aliphatic carbocycles. The Bertz CT molecular complexity index is 517. The number of thioether (sulfide) groups is 1. The number of rotatable bonds is 3. The Balaban J connectivity index is 2.22. The molecule has 1 aromatic carbocycles. The van der Waals surface area contributed by atoms with Gasteiger partial charge in [0, 0.05) is 16.6 Å². The monoisotopic (exact) mass is 285 g/mol. The molecule has 0 fully saturated rings. The molecule has 0 unspecified atom stereocenters. The van der Waals surface area contributed by atoms with Gasteiger partial charge in [-0.1, -0.05) is 23.2 Å². The maximum absolute atomic E-state index is 5.91.